The van der Waals surface area contributed by atoms with Gasteiger partial charge in [0.25, 0.3) is 0 Å². The second kappa shape index (κ2) is 5.04. The van der Waals surface area contributed by atoms with Gasteiger partial charge >= 0.3 is 29.6 Å². The zero-order chi connectivity index (χ0) is 11.1. The Morgan fingerprint density at radius 1 is 0.882 bits per heavy atom. The zero-order valence-corrected chi connectivity index (χ0v) is 13.0. The number of fused-ring (bicyclic) bond motifs is 3. The van der Waals surface area contributed by atoms with Crippen LogP contribution in [0.5, 0.6) is 0 Å². The quantitative estimate of drug-likeness (QED) is 0.331. The van der Waals surface area contributed by atoms with Crippen molar-refractivity contribution in [1.29, 1.82) is 0 Å². The van der Waals surface area contributed by atoms with Crippen LogP contribution < -0.4 is 29.6 Å². The molecule has 4 heteroatoms. The summed E-state index contributed by atoms with van der Waals surface area (Å²) in [5.74, 6) is 0. The Morgan fingerprint density at radius 2 is 1.29 bits per heavy atom. The zero-order valence-electron chi connectivity index (χ0n) is 9.38. The summed E-state index contributed by atoms with van der Waals surface area (Å²) in [6, 6.07) is 16.4. The Labute approximate surface area is 133 Å². The second-order valence-electron chi connectivity index (χ2n) is 3.64. The van der Waals surface area contributed by atoms with Gasteiger partial charge in [-0.25, -0.2) is 0 Å². The van der Waals surface area contributed by atoms with E-state index in [0.29, 0.717) is 4.32 Å². The third-order valence-corrected chi connectivity index (χ3v) is 3.13. The van der Waals surface area contributed by atoms with Crippen LogP contribution >= 0.6 is 12.2 Å². The fraction of sp³-hybridized carbons (Fsp3) is 0. The number of nitrogens with zero attached hydrogens (tertiary/aromatic N) is 1. The molecule has 0 spiro atoms. The van der Waals surface area contributed by atoms with Crippen LogP contribution in [0.3, 0.4) is 0 Å². The summed E-state index contributed by atoms with van der Waals surface area (Å²) in [7, 11) is 0. The SMILES string of the molecule is S=C([S-])n1c2ccccc2c2ccccc21.[Na+]. The molecule has 0 radical (unpaired) electrons. The molecule has 78 valence electrons. The molecular formula is C13H8NNaS2. The summed E-state index contributed by atoms with van der Waals surface area (Å²) < 4.78 is 2.42. The van der Waals surface area contributed by atoms with Crippen molar-refractivity contribution in [3.05, 3.63) is 48.5 Å². The van der Waals surface area contributed by atoms with Crippen LogP contribution in [0.2, 0.25) is 0 Å². The van der Waals surface area contributed by atoms with E-state index in [9.17, 15) is 0 Å². The number of hydrogen-bond donors (Lipinski definition) is 0. The average molecular weight is 265 g/mol. The number of rotatable bonds is 0. The third kappa shape index (κ3) is 2.02. The molecule has 0 saturated heterocycles. The smallest absolute Gasteiger partial charge is 0.411 e. The number of aromatic nitrogens is 1. The third-order valence-electron chi connectivity index (χ3n) is 2.76. The van der Waals surface area contributed by atoms with Gasteiger partial charge in [-0.3, -0.25) is 0 Å². The van der Waals surface area contributed by atoms with E-state index >= 15 is 0 Å². The predicted octanol–water partition coefficient (Wildman–Crippen LogP) is 0.478. The van der Waals surface area contributed by atoms with Crippen molar-refractivity contribution < 1.29 is 29.6 Å². The standard InChI is InChI=1S/C13H9NS2.Na/c15-13(16)14-11-7-3-1-5-9(11)10-6-2-4-8-12(10)14;/h1-8H,(H,15,16);/q;+1/p-1. The van der Waals surface area contributed by atoms with E-state index in [0.717, 1.165) is 11.0 Å². The van der Waals surface area contributed by atoms with Gasteiger partial charge in [-0.2, -0.15) is 0 Å². The molecule has 3 rings (SSSR count). The first-order valence-corrected chi connectivity index (χ1v) is 5.80. The van der Waals surface area contributed by atoms with Gasteiger partial charge in [-0.1, -0.05) is 40.7 Å². The maximum absolute atomic E-state index is 5.15. The molecule has 0 unspecified atom stereocenters. The summed E-state index contributed by atoms with van der Waals surface area (Å²) in [4.78, 5) is 0. The molecule has 0 amide bonds. The van der Waals surface area contributed by atoms with Gasteiger partial charge in [0.05, 0.1) is 11.0 Å². The minimum atomic E-state index is 0. The number of thiocarbonyl (C=S) groups is 1. The molecule has 17 heavy (non-hydrogen) atoms. The molecule has 1 aromatic heterocycles. The van der Waals surface area contributed by atoms with Crippen molar-refractivity contribution in [3.8, 4) is 0 Å². The molecule has 0 bridgehead atoms. The van der Waals surface area contributed by atoms with Crippen molar-refractivity contribution >= 4 is 51.0 Å². The van der Waals surface area contributed by atoms with Crippen LogP contribution in [0.1, 0.15) is 0 Å². The molecule has 0 aliphatic carbocycles. The van der Waals surface area contributed by atoms with Crippen LogP contribution in [-0.2, 0) is 12.6 Å². The number of para-hydroxylation sites is 2. The largest absolute Gasteiger partial charge is 1.00 e. The molecule has 0 saturated carbocycles. The van der Waals surface area contributed by atoms with Crippen molar-refractivity contribution in [1.82, 2.24) is 4.57 Å². The molecule has 0 N–H and O–H groups in total. The van der Waals surface area contributed by atoms with Gasteiger partial charge < -0.3 is 29.4 Å². The Balaban J connectivity index is 0.00000108. The summed E-state index contributed by atoms with van der Waals surface area (Å²) in [5, 5.41) is 2.40. The van der Waals surface area contributed by atoms with E-state index in [-0.39, 0.29) is 29.6 Å². The monoisotopic (exact) mass is 265 g/mol. The maximum Gasteiger partial charge on any atom is 1.00 e. The molecule has 2 aromatic carbocycles. The van der Waals surface area contributed by atoms with Gasteiger partial charge in [0.1, 0.15) is 0 Å². The molecule has 0 fully saturated rings. The molecule has 3 aromatic rings. The summed E-state index contributed by atoms with van der Waals surface area (Å²) in [6.45, 7) is 0. The van der Waals surface area contributed by atoms with Gasteiger partial charge in [0, 0.05) is 10.8 Å². The van der Waals surface area contributed by atoms with Crippen molar-refractivity contribution in [2.45, 2.75) is 0 Å². The first-order valence-electron chi connectivity index (χ1n) is 4.98. The summed E-state index contributed by atoms with van der Waals surface area (Å²) in [5.41, 5.74) is 2.17. The minimum absolute atomic E-state index is 0. The molecular weight excluding hydrogens is 257 g/mol. The Morgan fingerprint density at radius 3 is 1.71 bits per heavy atom. The minimum Gasteiger partial charge on any atom is -0.411 e. The fourth-order valence-electron chi connectivity index (χ4n) is 2.12. The van der Waals surface area contributed by atoms with Crippen molar-refractivity contribution in [2.24, 2.45) is 0 Å². The normalized spacial score (nSPS) is 10.4. The molecule has 0 atom stereocenters. The first kappa shape index (κ1) is 13.0. The van der Waals surface area contributed by atoms with E-state index in [1.165, 1.54) is 10.8 Å². The van der Waals surface area contributed by atoms with E-state index < -0.39 is 0 Å². The van der Waals surface area contributed by atoms with E-state index in [4.69, 9.17) is 24.8 Å². The van der Waals surface area contributed by atoms with Crippen LogP contribution in [-0.4, -0.2) is 8.89 Å². The fourth-order valence-corrected chi connectivity index (χ4v) is 2.51. The van der Waals surface area contributed by atoms with E-state index in [2.05, 4.69) is 12.1 Å². The van der Waals surface area contributed by atoms with Gasteiger partial charge in [0.2, 0.25) is 0 Å². The molecule has 0 aliphatic heterocycles. The van der Waals surface area contributed by atoms with Crippen LogP contribution in [0.25, 0.3) is 21.8 Å². The number of benzene rings is 2. The van der Waals surface area contributed by atoms with Gasteiger partial charge in [-0.15, -0.1) is 0 Å². The van der Waals surface area contributed by atoms with Crippen molar-refractivity contribution in [2.75, 3.05) is 0 Å². The van der Waals surface area contributed by atoms with E-state index in [1.807, 2.05) is 41.0 Å². The summed E-state index contributed by atoms with van der Waals surface area (Å²) >= 11 is 10.3. The van der Waals surface area contributed by atoms with Gasteiger partial charge in [0.15, 0.2) is 0 Å². The molecule has 1 nitrogen and oxygen atoms in total. The van der Waals surface area contributed by atoms with E-state index in [1.54, 1.807) is 0 Å². The van der Waals surface area contributed by atoms with Crippen LogP contribution in [0, 0.1) is 0 Å². The van der Waals surface area contributed by atoms with Crippen LogP contribution in [0.4, 0.5) is 0 Å². The topological polar surface area (TPSA) is 4.93 Å². The molecule has 0 aliphatic rings. The first-order chi connectivity index (χ1) is 7.79. The van der Waals surface area contributed by atoms with Crippen molar-refractivity contribution in [3.63, 3.8) is 0 Å². The Bertz CT molecular complexity index is 650. The average Bonchev–Trinajstić information content (AvgIpc) is 2.63. The summed E-state index contributed by atoms with van der Waals surface area (Å²) in [6.07, 6.45) is 0. The van der Waals surface area contributed by atoms with Crippen LogP contribution in [0.15, 0.2) is 48.5 Å². The van der Waals surface area contributed by atoms with Gasteiger partial charge in [-0.05, 0) is 12.1 Å². The Hall–Kier alpha value is -0.450. The predicted molar refractivity (Wildman–Crippen MR) is 74.8 cm³/mol. The second-order valence-corrected chi connectivity index (χ2v) is 4.67. The molecule has 1 heterocycles. The number of hydrogen-bond acceptors (Lipinski definition) is 2. The Kier molecular flexibility index (Phi) is 3.85. The maximum atomic E-state index is 5.15.